The molecule has 0 saturated carbocycles. The number of carbonyl (C=O) groups is 1. The Labute approximate surface area is 149 Å². The van der Waals surface area contributed by atoms with Gasteiger partial charge in [-0.15, -0.1) is 0 Å². The molecule has 2 aromatic carbocycles. The fourth-order valence-electron chi connectivity index (χ4n) is 2.81. The van der Waals surface area contributed by atoms with Crippen LogP contribution in [0.5, 0.6) is 0 Å². The van der Waals surface area contributed by atoms with Gasteiger partial charge < -0.3 is 15.0 Å². The summed E-state index contributed by atoms with van der Waals surface area (Å²) in [5.74, 6) is -0.358. The van der Waals surface area contributed by atoms with Gasteiger partial charge in [-0.3, -0.25) is 4.79 Å². The predicted octanol–water partition coefficient (Wildman–Crippen LogP) is 3.72. The van der Waals surface area contributed by atoms with E-state index >= 15 is 0 Å². The van der Waals surface area contributed by atoms with Gasteiger partial charge in [-0.1, -0.05) is 18.2 Å². The fraction of sp³-hybridized carbons (Fsp3) is 0.316. The second kappa shape index (κ2) is 7.78. The first-order chi connectivity index (χ1) is 12.4. The normalized spacial score (nSPS) is 15.0. The molecule has 1 amide bonds. The largest absolute Gasteiger partial charge is 0.416 e. The second-order valence-corrected chi connectivity index (χ2v) is 6.07. The maximum absolute atomic E-state index is 12.7. The number of anilines is 2. The molecule has 0 bridgehead atoms. The quantitative estimate of drug-likeness (QED) is 0.899. The molecule has 1 fully saturated rings. The van der Waals surface area contributed by atoms with Crippen LogP contribution in [0.15, 0.2) is 48.5 Å². The van der Waals surface area contributed by atoms with Crippen LogP contribution in [0.25, 0.3) is 0 Å². The van der Waals surface area contributed by atoms with Gasteiger partial charge in [0.1, 0.15) is 0 Å². The number of hydrogen-bond acceptors (Lipinski definition) is 3. The smallest absolute Gasteiger partial charge is 0.378 e. The summed E-state index contributed by atoms with van der Waals surface area (Å²) < 4.78 is 43.5. The van der Waals surface area contributed by atoms with Crippen molar-refractivity contribution >= 4 is 17.3 Å². The zero-order chi connectivity index (χ0) is 18.6. The first kappa shape index (κ1) is 18.3. The van der Waals surface area contributed by atoms with Crippen LogP contribution in [0, 0.1) is 0 Å². The summed E-state index contributed by atoms with van der Waals surface area (Å²) in [5, 5.41) is 2.51. The van der Waals surface area contributed by atoms with Crippen LogP contribution in [0.2, 0.25) is 0 Å². The Kier molecular flexibility index (Phi) is 5.46. The van der Waals surface area contributed by atoms with E-state index in [9.17, 15) is 18.0 Å². The summed E-state index contributed by atoms with van der Waals surface area (Å²) in [4.78, 5) is 14.3. The molecule has 3 rings (SSSR count). The zero-order valence-electron chi connectivity index (χ0n) is 14.1. The lowest BCUT2D eigenvalue weighted by molar-refractivity contribution is -0.137. The van der Waals surface area contributed by atoms with E-state index in [0.29, 0.717) is 13.2 Å². The third-order valence-electron chi connectivity index (χ3n) is 4.15. The van der Waals surface area contributed by atoms with E-state index in [1.54, 1.807) is 0 Å². The number of hydrogen-bond donors (Lipinski definition) is 1. The molecule has 1 aliphatic heterocycles. The Morgan fingerprint density at radius 2 is 1.77 bits per heavy atom. The number of rotatable bonds is 4. The van der Waals surface area contributed by atoms with Crippen molar-refractivity contribution in [1.29, 1.82) is 0 Å². The highest BCUT2D eigenvalue weighted by molar-refractivity contribution is 5.92. The van der Waals surface area contributed by atoms with Gasteiger partial charge in [0.05, 0.1) is 25.2 Å². The van der Waals surface area contributed by atoms with Gasteiger partial charge in [-0.05, 0) is 35.9 Å². The Morgan fingerprint density at radius 1 is 1.08 bits per heavy atom. The van der Waals surface area contributed by atoms with Crippen LogP contribution < -0.4 is 10.2 Å². The Hall–Kier alpha value is -2.54. The summed E-state index contributed by atoms with van der Waals surface area (Å²) in [5.41, 5.74) is 1.21. The molecule has 0 spiro atoms. The van der Waals surface area contributed by atoms with Gasteiger partial charge in [0.15, 0.2) is 0 Å². The Balaban J connectivity index is 1.59. The first-order valence-electron chi connectivity index (χ1n) is 8.30. The standard InChI is InChI=1S/C19H19F3N2O2/c20-19(21,22)15-2-1-3-16(13-15)23-18(25)12-14-4-6-17(7-5-14)24-8-10-26-11-9-24/h1-7,13H,8-12H2,(H,23,25). The van der Waals surface area contributed by atoms with E-state index < -0.39 is 11.7 Å². The zero-order valence-corrected chi connectivity index (χ0v) is 14.1. The lowest BCUT2D eigenvalue weighted by Crippen LogP contribution is -2.36. The predicted molar refractivity (Wildman–Crippen MR) is 93.3 cm³/mol. The molecule has 7 heteroatoms. The molecule has 1 saturated heterocycles. The minimum absolute atomic E-state index is 0.0969. The SMILES string of the molecule is O=C(Cc1ccc(N2CCOCC2)cc1)Nc1cccc(C(F)(F)F)c1. The maximum Gasteiger partial charge on any atom is 0.416 e. The minimum Gasteiger partial charge on any atom is -0.378 e. The number of alkyl halides is 3. The number of ether oxygens (including phenoxy) is 1. The van der Waals surface area contributed by atoms with Crippen molar-refractivity contribution < 1.29 is 22.7 Å². The average molecular weight is 364 g/mol. The van der Waals surface area contributed by atoms with Crippen LogP contribution in [0.1, 0.15) is 11.1 Å². The van der Waals surface area contributed by atoms with Crippen molar-refractivity contribution in [1.82, 2.24) is 0 Å². The van der Waals surface area contributed by atoms with Gasteiger partial charge in [0, 0.05) is 24.5 Å². The maximum atomic E-state index is 12.7. The molecule has 1 heterocycles. The summed E-state index contributed by atoms with van der Waals surface area (Å²) in [6, 6.07) is 12.2. The third kappa shape index (κ3) is 4.76. The number of carbonyl (C=O) groups excluding carboxylic acids is 1. The monoisotopic (exact) mass is 364 g/mol. The molecule has 0 aromatic heterocycles. The van der Waals surface area contributed by atoms with E-state index in [1.165, 1.54) is 12.1 Å². The molecule has 0 atom stereocenters. The van der Waals surface area contributed by atoms with Gasteiger partial charge in [-0.25, -0.2) is 0 Å². The van der Waals surface area contributed by atoms with Gasteiger partial charge in [-0.2, -0.15) is 13.2 Å². The molecular weight excluding hydrogens is 345 g/mol. The molecule has 1 N–H and O–H groups in total. The molecule has 2 aromatic rings. The van der Waals surface area contributed by atoms with Crippen molar-refractivity contribution in [3.8, 4) is 0 Å². The highest BCUT2D eigenvalue weighted by Crippen LogP contribution is 2.30. The number of morpholine rings is 1. The van der Waals surface area contributed by atoms with Gasteiger partial charge in [0.2, 0.25) is 5.91 Å². The molecule has 0 aliphatic carbocycles. The van der Waals surface area contributed by atoms with Crippen molar-refractivity contribution in [3.05, 3.63) is 59.7 Å². The van der Waals surface area contributed by atoms with Crippen molar-refractivity contribution in [2.45, 2.75) is 12.6 Å². The number of nitrogens with one attached hydrogen (secondary N) is 1. The minimum atomic E-state index is -4.43. The summed E-state index contributed by atoms with van der Waals surface area (Å²) in [6.45, 7) is 3.05. The molecule has 0 radical (unpaired) electrons. The number of benzene rings is 2. The van der Waals surface area contributed by atoms with Crippen molar-refractivity contribution in [2.75, 3.05) is 36.5 Å². The summed E-state index contributed by atoms with van der Waals surface area (Å²) in [6.07, 6.45) is -4.34. The summed E-state index contributed by atoms with van der Waals surface area (Å²) in [7, 11) is 0. The average Bonchev–Trinajstić information content (AvgIpc) is 2.62. The van der Waals surface area contributed by atoms with E-state index in [4.69, 9.17) is 4.74 Å². The van der Waals surface area contributed by atoms with Gasteiger partial charge in [0.25, 0.3) is 0 Å². The lowest BCUT2D eigenvalue weighted by Gasteiger charge is -2.28. The lowest BCUT2D eigenvalue weighted by atomic mass is 10.1. The van der Waals surface area contributed by atoms with Crippen LogP contribution in [-0.2, 0) is 22.1 Å². The molecular formula is C19H19F3N2O2. The third-order valence-corrected chi connectivity index (χ3v) is 4.15. The fourth-order valence-corrected chi connectivity index (χ4v) is 2.81. The van der Waals surface area contributed by atoms with Gasteiger partial charge >= 0.3 is 6.18 Å². The molecule has 26 heavy (non-hydrogen) atoms. The topological polar surface area (TPSA) is 41.6 Å². The van der Waals surface area contributed by atoms with E-state index in [0.717, 1.165) is 36.5 Å². The van der Waals surface area contributed by atoms with E-state index in [1.807, 2.05) is 24.3 Å². The van der Waals surface area contributed by atoms with Crippen molar-refractivity contribution in [2.24, 2.45) is 0 Å². The number of amides is 1. The molecule has 0 unspecified atom stereocenters. The Morgan fingerprint density at radius 3 is 2.42 bits per heavy atom. The summed E-state index contributed by atoms with van der Waals surface area (Å²) >= 11 is 0. The van der Waals surface area contributed by atoms with Crippen LogP contribution in [0.4, 0.5) is 24.5 Å². The molecule has 1 aliphatic rings. The van der Waals surface area contributed by atoms with Crippen LogP contribution >= 0.6 is 0 Å². The molecule has 4 nitrogen and oxygen atoms in total. The van der Waals surface area contributed by atoms with E-state index in [-0.39, 0.29) is 18.0 Å². The highest BCUT2D eigenvalue weighted by atomic mass is 19.4. The van der Waals surface area contributed by atoms with Crippen molar-refractivity contribution in [3.63, 3.8) is 0 Å². The van der Waals surface area contributed by atoms with Crippen LogP contribution in [-0.4, -0.2) is 32.2 Å². The second-order valence-electron chi connectivity index (χ2n) is 6.07. The van der Waals surface area contributed by atoms with E-state index in [2.05, 4.69) is 10.2 Å². The highest BCUT2D eigenvalue weighted by Gasteiger charge is 2.30. The Bertz CT molecular complexity index is 754. The number of halogens is 3. The van der Waals surface area contributed by atoms with Crippen LogP contribution in [0.3, 0.4) is 0 Å². The molecule has 138 valence electrons. The number of nitrogens with zero attached hydrogens (tertiary/aromatic N) is 1. The first-order valence-corrected chi connectivity index (χ1v) is 8.30.